The van der Waals surface area contributed by atoms with Gasteiger partial charge in [0.15, 0.2) is 0 Å². The summed E-state index contributed by atoms with van der Waals surface area (Å²) in [6, 6.07) is 11.7. The molecule has 0 saturated carbocycles. The van der Waals surface area contributed by atoms with Crippen LogP contribution >= 0.6 is 11.3 Å². The molecule has 182 valence electrons. The second-order valence-electron chi connectivity index (χ2n) is 8.60. The number of alkyl halides is 3. The van der Waals surface area contributed by atoms with Gasteiger partial charge in [-0.05, 0) is 31.3 Å². The van der Waals surface area contributed by atoms with E-state index in [1.807, 2.05) is 25.2 Å². The summed E-state index contributed by atoms with van der Waals surface area (Å²) in [5.41, 5.74) is 1.05. The zero-order valence-corrected chi connectivity index (χ0v) is 20.3. The van der Waals surface area contributed by atoms with Crippen LogP contribution in [0.5, 0.6) is 0 Å². The first kappa shape index (κ1) is 23.7. The lowest BCUT2D eigenvalue weighted by molar-refractivity contribution is -0.137. The van der Waals surface area contributed by atoms with Crippen LogP contribution in [0.2, 0.25) is 0 Å². The number of aliphatic imine (C=N–C) groups is 1. The molecule has 1 atom stereocenters. The van der Waals surface area contributed by atoms with Crippen LogP contribution in [-0.2, 0) is 10.9 Å². The minimum atomic E-state index is -4.44. The standard InChI is InChI=1S/C26H25F3N4OS/c1-32-12-13-33(16-18(32)7-5-6-14-34-2)24-23-19-8-3-4-9-22(19)35-25(23)31-20-11-10-17(26(27,28)29)15-21(20)30-24/h3-4,8-11,15,18,31H,6,12-14,16H2,1-2H3. The molecule has 1 unspecified atom stereocenters. The molecule has 5 rings (SSSR count). The summed E-state index contributed by atoms with van der Waals surface area (Å²) < 4.78 is 46.6. The summed E-state index contributed by atoms with van der Waals surface area (Å²) in [5.74, 6) is 7.20. The minimum absolute atomic E-state index is 0.0196. The Kier molecular flexibility index (Phi) is 6.45. The molecule has 2 aliphatic heterocycles. The number of piperazine rings is 1. The monoisotopic (exact) mass is 498 g/mol. The second kappa shape index (κ2) is 9.53. The van der Waals surface area contributed by atoms with Crippen molar-refractivity contribution in [3.05, 3.63) is 53.6 Å². The van der Waals surface area contributed by atoms with Crippen LogP contribution in [0.1, 0.15) is 17.5 Å². The molecular weight excluding hydrogens is 473 g/mol. The van der Waals surface area contributed by atoms with E-state index in [4.69, 9.17) is 9.73 Å². The molecule has 3 aromatic rings. The lowest BCUT2D eigenvalue weighted by Crippen LogP contribution is -2.52. The van der Waals surface area contributed by atoms with E-state index in [0.29, 0.717) is 37.6 Å². The van der Waals surface area contributed by atoms with Crippen molar-refractivity contribution in [2.75, 3.05) is 45.7 Å². The Morgan fingerprint density at radius 3 is 2.83 bits per heavy atom. The number of hydrogen-bond donors (Lipinski definition) is 1. The first-order valence-electron chi connectivity index (χ1n) is 11.4. The predicted octanol–water partition coefficient (Wildman–Crippen LogP) is 5.71. The Balaban J connectivity index is 1.61. The summed E-state index contributed by atoms with van der Waals surface area (Å²) in [5, 5.41) is 5.28. The Morgan fingerprint density at radius 2 is 2.03 bits per heavy atom. The Bertz CT molecular complexity index is 1340. The fraction of sp³-hybridized carbons (Fsp3) is 0.346. The summed E-state index contributed by atoms with van der Waals surface area (Å²) in [7, 11) is 3.69. The highest BCUT2D eigenvalue weighted by molar-refractivity contribution is 7.23. The Labute approximate surface area is 206 Å². The molecule has 2 aliphatic rings. The molecule has 3 heterocycles. The number of likely N-dealkylation sites (N-methyl/N-ethyl adjacent to an activating group) is 1. The Hall–Kier alpha value is -3.06. The van der Waals surface area contributed by atoms with Gasteiger partial charge < -0.3 is 15.0 Å². The van der Waals surface area contributed by atoms with Crippen molar-refractivity contribution in [3.63, 3.8) is 0 Å². The average molecular weight is 499 g/mol. The third-order valence-electron chi connectivity index (χ3n) is 6.27. The molecule has 1 saturated heterocycles. The van der Waals surface area contributed by atoms with Crippen LogP contribution in [0, 0.1) is 11.8 Å². The van der Waals surface area contributed by atoms with E-state index in [0.717, 1.165) is 39.3 Å². The van der Waals surface area contributed by atoms with Gasteiger partial charge >= 0.3 is 6.18 Å². The van der Waals surface area contributed by atoms with Crippen molar-refractivity contribution < 1.29 is 17.9 Å². The molecule has 5 nitrogen and oxygen atoms in total. The lowest BCUT2D eigenvalue weighted by Gasteiger charge is -2.38. The van der Waals surface area contributed by atoms with Crippen molar-refractivity contribution in [2.45, 2.75) is 18.6 Å². The zero-order valence-electron chi connectivity index (χ0n) is 19.4. The lowest BCUT2D eigenvalue weighted by atomic mass is 10.1. The molecule has 0 spiro atoms. The summed E-state index contributed by atoms with van der Waals surface area (Å²) in [6.45, 7) is 2.65. The quantitative estimate of drug-likeness (QED) is 0.363. The third kappa shape index (κ3) is 4.74. The van der Waals surface area contributed by atoms with E-state index in [1.54, 1.807) is 18.4 Å². The number of anilines is 2. The maximum absolute atomic E-state index is 13.5. The number of halogens is 3. The maximum Gasteiger partial charge on any atom is 0.416 e. The van der Waals surface area contributed by atoms with E-state index in [1.165, 1.54) is 6.07 Å². The van der Waals surface area contributed by atoms with Gasteiger partial charge in [-0.3, -0.25) is 4.90 Å². The van der Waals surface area contributed by atoms with Crippen LogP contribution in [0.25, 0.3) is 10.1 Å². The number of hydrogen-bond acceptors (Lipinski definition) is 6. The van der Waals surface area contributed by atoms with Crippen LogP contribution in [0.15, 0.2) is 47.5 Å². The van der Waals surface area contributed by atoms with Crippen LogP contribution in [0.3, 0.4) is 0 Å². The normalized spacial score (nSPS) is 18.1. The highest BCUT2D eigenvalue weighted by Crippen LogP contribution is 2.45. The van der Waals surface area contributed by atoms with Gasteiger partial charge in [0.1, 0.15) is 10.8 Å². The number of benzene rings is 2. The fourth-order valence-electron chi connectivity index (χ4n) is 4.35. The van der Waals surface area contributed by atoms with E-state index in [9.17, 15) is 13.2 Å². The molecular formula is C26H25F3N4OS. The molecule has 2 aromatic carbocycles. The number of nitrogens with one attached hydrogen (secondary N) is 1. The van der Waals surface area contributed by atoms with Gasteiger partial charge in [0.05, 0.1) is 35.2 Å². The molecule has 1 N–H and O–H groups in total. The first-order chi connectivity index (χ1) is 16.8. The van der Waals surface area contributed by atoms with Gasteiger partial charge in [0.25, 0.3) is 0 Å². The van der Waals surface area contributed by atoms with Gasteiger partial charge in [0, 0.05) is 43.3 Å². The highest BCUT2D eigenvalue weighted by atomic mass is 32.1. The molecule has 0 aliphatic carbocycles. The molecule has 1 aromatic heterocycles. The number of fused-ring (bicyclic) bond motifs is 4. The van der Waals surface area contributed by atoms with E-state index in [-0.39, 0.29) is 11.7 Å². The van der Waals surface area contributed by atoms with E-state index in [2.05, 4.69) is 33.0 Å². The van der Waals surface area contributed by atoms with Crippen molar-refractivity contribution in [1.29, 1.82) is 0 Å². The smallest absolute Gasteiger partial charge is 0.384 e. The average Bonchev–Trinajstić information content (AvgIpc) is 3.10. The Morgan fingerprint density at radius 1 is 1.20 bits per heavy atom. The highest BCUT2D eigenvalue weighted by Gasteiger charge is 2.34. The van der Waals surface area contributed by atoms with Gasteiger partial charge in [0.2, 0.25) is 0 Å². The topological polar surface area (TPSA) is 40.1 Å². The second-order valence-corrected chi connectivity index (χ2v) is 9.65. The SMILES string of the molecule is COCCC#CC1CN(C2=Nc3cc(C(F)(F)F)ccc3Nc3sc4ccccc4c32)CCN1C. The van der Waals surface area contributed by atoms with Crippen LogP contribution < -0.4 is 5.32 Å². The number of ether oxygens (including phenoxy) is 1. The number of thiophene rings is 1. The van der Waals surface area contributed by atoms with E-state index >= 15 is 0 Å². The molecule has 9 heteroatoms. The molecule has 0 radical (unpaired) electrons. The van der Waals surface area contributed by atoms with Gasteiger partial charge in [-0.1, -0.05) is 30.0 Å². The fourth-order valence-corrected chi connectivity index (χ4v) is 5.46. The number of nitrogens with zero attached hydrogens (tertiary/aromatic N) is 3. The van der Waals surface area contributed by atoms with Gasteiger partial charge in [-0.15, -0.1) is 11.3 Å². The van der Waals surface area contributed by atoms with Crippen LogP contribution in [-0.4, -0.2) is 62.1 Å². The van der Waals surface area contributed by atoms with Crippen LogP contribution in [0.4, 0.5) is 29.5 Å². The summed E-state index contributed by atoms with van der Waals surface area (Å²) >= 11 is 1.58. The van der Waals surface area contributed by atoms with Gasteiger partial charge in [-0.25, -0.2) is 4.99 Å². The summed E-state index contributed by atoms with van der Waals surface area (Å²) in [6.07, 6.45) is -3.79. The first-order valence-corrected chi connectivity index (χ1v) is 12.2. The largest absolute Gasteiger partial charge is 0.416 e. The molecule has 0 amide bonds. The minimum Gasteiger partial charge on any atom is -0.384 e. The van der Waals surface area contributed by atoms with Crippen molar-refractivity contribution in [3.8, 4) is 11.8 Å². The van der Waals surface area contributed by atoms with E-state index < -0.39 is 11.7 Å². The van der Waals surface area contributed by atoms with Gasteiger partial charge in [-0.2, -0.15) is 13.2 Å². The molecule has 0 bridgehead atoms. The number of methoxy groups -OCH3 is 1. The predicted molar refractivity (Wildman–Crippen MR) is 135 cm³/mol. The number of rotatable bonds is 2. The molecule has 1 fully saturated rings. The maximum atomic E-state index is 13.5. The van der Waals surface area contributed by atoms with Crippen molar-refractivity contribution in [1.82, 2.24) is 9.80 Å². The summed E-state index contributed by atoms with van der Waals surface area (Å²) in [4.78, 5) is 9.23. The number of amidine groups is 1. The van der Waals surface area contributed by atoms with Crippen molar-refractivity contribution >= 4 is 43.6 Å². The zero-order chi connectivity index (χ0) is 24.6. The van der Waals surface area contributed by atoms with Crippen molar-refractivity contribution in [2.24, 2.45) is 4.99 Å². The molecule has 35 heavy (non-hydrogen) atoms. The third-order valence-corrected chi connectivity index (χ3v) is 7.35.